The number of hydrogen-bond donors (Lipinski definition) is 6. The molecule has 3 amide bonds. The number of benzene rings is 1. The molecule has 0 aliphatic carbocycles. The van der Waals surface area contributed by atoms with Crippen LogP contribution in [-0.4, -0.2) is 85.8 Å². The average molecular weight is 579 g/mol. The molecule has 13 heteroatoms. The van der Waals surface area contributed by atoms with Crippen LogP contribution in [-0.2, 0) is 25.6 Å². The largest absolute Gasteiger partial charge is 0.453 e. The highest BCUT2D eigenvalue weighted by Gasteiger charge is 2.34. The van der Waals surface area contributed by atoms with E-state index in [9.17, 15) is 19.5 Å². The summed E-state index contributed by atoms with van der Waals surface area (Å²) < 4.78 is 9.54. The first-order valence-corrected chi connectivity index (χ1v) is 13.1. The minimum absolute atomic E-state index is 0.0284. The lowest BCUT2D eigenvalue weighted by Crippen LogP contribution is -2.58. The van der Waals surface area contributed by atoms with E-state index in [0.29, 0.717) is 0 Å². The van der Waals surface area contributed by atoms with Crippen molar-refractivity contribution >= 4 is 36.8 Å². The van der Waals surface area contributed by atoms with Crippen molar-refractivity contribution < 1.29 is 29.0 Å². The van der Waals surface area contributed by atoms with Gasteiger partial charge in [0.1, 0.15) is 11.4 Å². The van der Waals surface area contributed by atoms with E-state index in [-0.39, 0.29) is 26.4 Å². The fourth-order valence-corrected chi connectivity index (χ4v) is 3.45. The highest BCUT2D eigenvalue weighted by Crippen LogP contribution is 2.20. The number of aliphatic hydroxyl groups excluding tert-OH is 1. The minimum Gasteiger partial charge on any atom is -0.453 e. The third-order valence-corrected chi connectivity index (χ3v) is 5.76. The summed E-state index contributed by atoms with van der Waals surface area (Å²) >= 11 is 4.15. The monoisotopic (exact) mass is 578 g/mol. The molecule has 0 heterocycles. The second-order valence-corrected chi connectivity index (χ2v) is 10.3. The first-order valence-electron chi connectivity index (χ1n) is 12.6. The molecule has 0 bridgehead atoms. The van der Waals surface area contributed by atoms with Crippen molar-refractivity contribution in [1.29, 1.82) is 0 Å². The molecule has 0 aliphatic heterocycles. The number of hydrogen-bond acceptors (Lipinski definition) is 10. The first-order chi connectivity index (χ1) is 18.9. The predicted octanol–water partition coefficient (Wildman–Crippen LogP) is 1.34. The summed E-state index contributed by atoms with van der Waals surface area (Å²) in [7, 11) is 2.69. The number of nitrogens with one attached hydrogen (secondary N) is 4. The molecule has 0 radical (unpaired) electrons. The van der Waals surface area contributed by atoms with Crippen LogP contribution in [0.25, 0.3) is 0 Å². The Balaban J connectivity index is 3.03. The molecule has 222 valence electrons. The number of hydrazine groups is 1. The lowest BCUT2D eigenvalue weighted by molar-refractivity contribution is -0.131. The van der Waals surface area contributed by atoms with E-state index in [1.807, 2.05) is 24.3 Å². The molecule has 0 fully saturated rings. The lowest BCUT2D eigenvalue weighted by Gasteiger charge is -2.33. The van der Waals surface area contributed by atoms with Crippen LogP contribution in [0.15, 0.2) is 54.2 Å². The van der Waals surface area contributed by atoms with Crippen LogP contribution >= 0.6 is 12.6 Å². The number of amides is 3. The second-order valence-electron chi connectivity index (χ2n) is 9.83. The summed E-state index contributed by atoms with van der Waals surface area (Å²) in [6.45, 7) is 9.25. The van der Waals surface area contributed by atoms with E-state index in [1.165, 1.54) is 19.2 Å². The molecule has 1 aromatic carbocycles. The fourth-order valence-electron chi connectivity index (χ4n) is 3.28. The number of aliphatic hydroxyl groups is 1. The molecule has 0 saturated carbocycles. The zero-order valence-electron chi connectivity index (χ0n) is 23.7. The Morgan fingerprint density at radius 1 is 1.18 bits per heavy atom. The third-order valence-electron chi connectivity index (χ3n) is 5.34. The maximum absolute atomic E-state index is 13.3. The molecule has 3 atom stereocenters. The van der Waals surface area contributed by atoms with Crippen molar-refractivity contribution in [3.8, 4) is 0 Å². The Morgan fingerprint density at radius 2 is 1.85 bits per heavy atom. The highest BCUT2D eigenvalue weighted by atomic mass is 32.1. The van der Waals surface area contributed by atoms with Crippen molar-refractivity contribution in [2.45, 2.75) is 44.8 Å². The summed E-state index contributed by atoms with van der Waals surface area (Å²) in [4.78, 5) is 41.5. The molecule has 1 rings (SSSR count). The van der Waals surface area contributed by atoms with Crippen LogP contribution in [0.2, 0.25) is 0 Å². The molecular weight excluding hydrogens is 536 g/mol. The summed E-state index contributed by atoms with van der Waals surface area (Å²) in [6, 6.07) is 6.54. The Labute approximate surface area is 241 Å². The molecule has 0 saturated heterocycles. The molecule has 12 nitrogen and oxygen atoms in total. The third kappa shape index (κ3) is 13.7. The Bertz CT molecular complexity index is 1010. The van der Waals surface area contributed by atoms with Gasteiger partial charge in [0.25, 0.3) is 5.91 Å². The number of nitrogens with zero attached hydrogens (tertiary/aromatic N) is 2. The van der Waals surface area contributed by atoms with Gasteiger partial charge in [-0.05, 0) is 22.6 Å². The quantitative estimate of drug-likeness (QED) is 0.0565. The standard InChI is InChI=1S/C27H42N6O6S/c1-7-8-13-28-14-19-9-11-20(12-10-19)16-33(17-21(34)15-29-24(36)25(40)30-18-38-5)32-23(35)22(27(2,3)4)31-26(37)39-6/h7-14,21-22,25,30,34,40H,1,15-18H2,2-6H3,(H,29,36)(H,31,37)(H,32,35)/b13-8-,28-14?. The van der Waals surface area contributed by atoms with Crippen LogP contribution in [0.5, 0.6) is 0 Å². The number of ether oxygens (including phenoxy) is 2. The van der Waals surface area contributed by atoms with Crippen LogP contribution in [0.3, 0.4) is 0 Å². The number of methoxy groups -OCH3 is 2. The summed E-state index contributed by atoms with van der Waals surface area (Å²) in [6.07, 6.45) is 4.87. The normalized spacial score (nSPS) is 14.1. The molecule has 5 N–H and O–H groups in total. The smallest absolute Gasteiger partial charge is 0.407 e. The van der Waals surface area contributed by atoms with Gasteiger partial charge >= 0.3 is 6.09 Å². The van der Waals surface area contributed by atoms with Gasteiger partial charge in [-0.25, -0.2) is 9.80 Å². The number of thiol groups is 1. The van der Waals surface area contributed by atoms with Crippen LogP contribution in [0.1, 0.15) is 31.9 Å². The van der Waals surface area contributed by atoms with Crippen molar-refractivity contribution in [2.75, 3.05) is 34.0 Å². The average Bonchev–Trinajstić information content (AvgIpc) is 2.91. The maximum Gasteiger partial charge on any atom is 0.407 e. The molecule has 3 unspecified atom stereocenters. The van der Waals surface area contributed by atoms with Gasteiger partial charge in [-0.3, -0.25) is 25.3 Å². The van der Waals surface area contributed by atoms with Crippen molar-refractivity contribution in [3.05, 3.63) is 60.3 Å². The Morgan fingerprint density at radius 3 is 2.42 bits per heavy atom. The van der Waals surface area contributed by atoms with Gasteiger partial charge < -0.3 is 25.2 Å². The Kier molecular flexibility index (Phi) is 15.8. The van der Waals surface area contributed by atoms with Crippen molar-refractivity contribution in [2.24, 2.45) is 10.4 Å². The minimum atomic E-state index is -1.04. The van der Waals surface area contributed by atoms with E-state index in [1.54, 1.807) is 45.3 Å². The maximum atomic E-state index is 13.3. The molecule has 40 heavy (non-hydrogen) atoms. The van der Waals surface area contributed by atoms with Gasteiger partial charge in [0.15, 0.2) is 0 Å². The molecule has 1 aromatic rings. The van der Waals surface area contributed by atoms with Crippen LogP contribution < -0.4 is 21.4 Å². The second kappa shape index (κ2) is 18.2. The van der Waals surface area contributed by atoms with Gasteiger partial charge in [0.05, 0.1) is 19.9 Å². The van der Waals surface area contributed by atoms with E-state index in [2.05, 4.69) is 50.3 Å². The zero-order valence-corrected chi connectivity index (χ0v) is 24.6. The Hall–Kier alpha value is -3.23. The molecular formula is C27H42N6O6S. The molecule has 0 spiro atoms. The van der Waals surface area contributed by atoms with E-state index in [0.717, 1.165) is 11.1 Å². The van der Waals surface area contributed by atoms with Crippen molar-refractivity contribution in [1.82, 2.24) is 26.4 Å². The van der Waals surface area contributed by atoms with Gasteiger partial charge in [-0.2, -0.15) is 12.6 Å². The van der Waals surface area contributed by atoms with Crippen LogP contribution in [0.4, 0.5) is 4.79 Å². The number of carbonyl (C=O) groups excluding carboxylic acids is 3. The van der Waals surface area contributed by atoms with Gasteiger partial charge in [-0.15, -0.1) is 0 Å². The van der Waals surface area contributed by atoms with E-state index >= 15 is 0 Å². The van der Waals surface area contributed by atoms with Crippen molar-refractivity contribution in [3.63, 3.8) is 0 Å². The lowest BCUT2D eigenvalue weighted by atomic mass is 9.86. The van der Waals surface area contributed by atoms with E-state index in [4.69, 9.17) is 4.74 Å². The molecule has 0 aromatic heterocycles. The highest BCUT2D eigenvalue weighted by molar-refractivity contribution is 7.81. The van der Waals surface area contributed by atoms with Gasteiger partial charge in [0, 0.05) is 39.2 Å². The zero-order chi connectivity index (χ0) is 30.1. The predicted molar refractivity (Wildman–Crippen MR) is 158 cm³/mol. The SMILES string of the molecule is C=C/C=C\N=Cc1ccc(CN(CC(O)CNC(=O)C(S)NCOC)NC(=O)C(NC(=O)OC)C(C)(C)C)cc1. The summed E-state index contributed by atoms with van der Waals surface area (Å²) in [5.41, 5.74) is 3.86. The summed E-state index contributed by atoms with van der Waals surface area (Å²) in [5.74, 6) is -0.934. The first kappa shape index (κ1) is 34.8. The number of rotatable bonds is 16. The van der Waals surface area contributed by atoms with Gasteiger partial charge in [0.2, 0.25) is 5.91 Å². The van der Waals surface area contributed by atoms with E-state index < -0.39 is 40.8 Å². The number of aliphatic imine (C=N–C) groups is 1. The summed E-state index contributed by atoms with van der Waals surface area (Å²) in [5, 5.41) is 19.3. The van der Waals surface area contributed by atoms with Gasteiger partial charge in [-0.1, -0.05) is 57.7 Å². The molecule has 0 aliphatic rings. The topological polar surface area (TPSA) is 154 Å². The number of carbonyl (C=O) groups is 3. The number of alkyl carbamates (subject to hydrolysis) is 1. The fraction of sp³-hybridized carbons (Fsp3) is 0.481. The number of allylic oxidation sites excluding steroid dienone is 2. The van der Waals surface area contributed by atoms with Crippen LogP contribution in [0, 0.1) is 5.41 Å².